The molecule has 2 aromatic carbocycles. The van der Waals surface area contributed by atoms with Crippen LogP contribution < -0.4 is 14.8 Å². The summed E-state index contributed by atoms with van der Waals surface area (Å²) in [5.41, 5.74) is 1.61. The third kappa shape index (κ3) is 3.07. The van der Waals surface area contributed by atoms with Crippen LogP contribution in [0.5, 0.6) is 11.5 Å². The number of benzene rings is 2. The van der Waals surface area contributed by atoms with Crippen LogP contribution in [0.25, 0.3) is 10.9 Å². The van der Waals surface area contributed by atoms with Gasteiger partial charge in [0.15, 0.2) is 0 Å². The molecule has 0 saturated carbocycles. The highest BCUT2D eigenvalue weighted by molar-refractivity contribution is 9.10. The lowest BCUT2D eigenvalue weighted by Gasteiger charge is -2.11. The molecule has 0 unspecified atom stereocenters. The lowest BCUT2D eigenvalue weighted by atomic mass is 10.2. The number of ether oxygens (including phenoxy) is 2. The molecule has 0 aliphatic rings. The first-order valence-electron chi connectivity index (χ1n) is 7.03. The number of methoxy groups -OCH3 is 2. The van der Waals surface area contributed by atoms with Crippen LogP contribution in [0.15, 0.2) is 40.9 Å². The van der Waals surface area contributed by atoms with E-state index in [0.717, 1.165) is 15.4 Å². The molecule has 0 aliphatic carbocycles. The number of hydrogen-bond acceptors (Lipinski definition) is 3. The minimum Gasteiger partial charge on any atom is -0.497 e. The van der Waals surface area contributed by atoms with E-state index < -0.39 is 0 Å². The smallest absolute Gasteiger partial charge is 0.273 e. The highest BCUT2D eigenvalue weighted by atomic mass is 79.9. The molecule has 0 radical (unpaired) electrons. The molecule has 0 fully saturated rings. The maximum absolute atomic E-state index is 12.6. The summed E-state index contributed by atoms with van der Waals surface area (Å²) in [6, 6.07) is 10.7. The highest BCUT2D eigenvalue weighted by Gasteiger charge is 2.18. The molecule has 1 aromatic heterocycles. The predicted octanol–water partition coefficient (Wildman–Crippen LogP) is 4.85. The Morgan fingerprint density at radius 2 is 1.96 bits per heavy atom. The molecular formula is C17H14BrClN2O3. The van der Waals surface area contributed by atoms with Crippen molar-refractivity contribution in [3.8, 4) is 11.5 Å². The highest BCUT2D eigenvalue weighted by Crippen LogP contribution is 2.32. The Kier molecular flexibility index (Phi) is 4.69. The largest absolute Gasteiger partial charge is 0.497 e. The van der Waals surface area contributed by atoms with E-state index in [2.05, 4.69) is 26.2 Å². The second-order valence-corrected chi connectivity index (χ2v) is 6.32. The van der Waals surface area contributed by atoms with Crippen LogP contribution in [0.3, 0.4) is 0 Å². The van der Waals surface area contributed by atoms with Crippen LogP contribution in [0.4, 0.5) is 5.69 Å². The lowest BCUT2D eigenvalue weighted by Crippen LogP contribution is -2.13. The topological polar surface area (TPSA) is 63.3 Å². The number of carbonyl (C=O) groups excluding carboxylic acids is 1. The van der Waals surface area contributed by atoms with Crippen molar-refractivity contribution in [3.05, 3.63) is 51.6 Å². The molecule has 1 heterocycles. The van der Waals surface area contributed by atoms with Gasteiger partial charge < -0.3 is 19.8 Å². The SMILES string of the molecule is COc1ccc(NC(=O)c2[nH]c3ccc(Br)cc3c2Cl)c(OC)c1. The van der Waals surface area contributed by atoms with E-state index in [9.17, 15) is 4.79 Å². The van der Waals surface area contributed by atoms with E-state index in [0.29, 0.717) is 27.9 Å². The van der Waals surface area contributed by atoms with Gasteiger partial charge in [-0.1, -0.05) is 27.5 Å². The Morgan fingerprint density at radius 3 is 2.67 bits per heavy atom. The van der Waals surface area contributed by atoms with Gasteiger partial charge in [0.1, 0.15) is 17.2 Å². The molecule has 0 spiro atoms. The average Bonchev–Trinajstić information content (AvgIpc) is 2.91. The number of H-pyrrole nitrogens is 1. The van der Waals surface area contributed by atoms with E-state index >= 15 is 0 Å². The first kappa shape index (κ1) is 16.7. The fraction of sp³-hybridized carbons (Fsp3) is 0.118. The van der Waals surface area contributed by atoms with Crippen molar-refractivity contribution in [2.45, 2.75) is 0 Å². The standard InChI is InChI=1S/C17H14BrClN2O3/c1-23-10-4-6-13(14(8-10)24-2)21-17(22)16-15(19)11-7-9(18)3-5-12(11)20-16/h3-8,20H,1-2H3,(H,21,22). The van der Waals surface area contributed by atoms with Crippen LogP contribution in [0, 0.1) is 0 Å². The van der Waals surface area contributed by atoms with Crippen molar-refractivity contribution in [1.29, 1.82) is 0 Å². The van der Waals surface area contributed by atoms with Crippen LogP contribution in [0.2, 0.25) is 5.02 Å². The number of nitrogens with one attached hydrogen (secondary N) is 2. The monoisotopic (exact) mass is 408 g/mol. The van der Waals surface area contributed by atoms with Crippen molar-refractivity contribution < 1.29 is 14.3 Å². The molecule has 1 amide bonds. The summed E-state index contributed by atoms with van der Waals surface area (Å²) in [4.78, 5) is 15.6. The van der Waals surface area contributed by atoms with E-state index in [1.807, 2.05) is 18.2 Å². The first-order valence-corrected chi connectivity index (χ1v) is 8.20. The van der Waals surface area contributed by atoms with E-state index in [1.54, 1.807) is 25.3 Å². The minimum absolute atomic E-state index is 0.294. The van der Waals surface area contributed by atoms with E-state index in [-0.39, 0.29) is 5.91 Å². The molecule has 2 N–H and O–H groups in total. The number of halogens is 2. The normalized spacial score (nSPS) is 10.7. The predicted molar refractivity (Wildman–Crippen MR) is 98.5 cm³/mol. The number of hydrogen-bond donors (Lipinski definition) is 2. The molecule has 0 aliphatic heterocycles. The van der Waals surface area contributed by atoms with Crippen LogP contribution in [-0.2, 0) is 0 Å². The molecule has 7 heteroatoms. The molecule has 24 heavy (non-hydrogen) atoms. The molecule has 5 nitrogen and oxygen atoms in total. The fourth-order valence-electron chi connectivity index (χ4n) is 2.37. The van der Waals surface area contributed by atoms with Crippen molar-refractivity contribution in [2.75, 3.05) is 19.5 Å². The number of aromatic amines is 1. The summed E-state index contributed by atoms with van der Waals surface area (Å²) in [5.74, 6) is 0.784. The summed E-state index contributed by atoms with van der Waals surface area (Å²) in [6.07, 6.45) is 0. The zero-order valence-electron chi connectivity index (χ0n) is 12.9. The molecule has 3 rings (SSSR count). The van der Waals surface area contributed by atoms with Gasteiger partial charge in [-0.2, -0.15) is 0 Å². The van der Waals surface area contributed by atoms with Gasteiger partial charge in [0.25, 0.3) is 5.91 Å². The summed E-state index contributed by atoms with van der Waals surface area (Å²) in [6.45, 7) is 0. The molecule has 3 aromatic rings. The maximum atomic E-state index is 12.6. The number of aromatic nitrogens is 1. The first-order chi connectivity index (χ1) is 11.5. The van der Waals surface area contributed by atoms with Gasteiger partial charge in [-0.3, -0.25) is 4.79 Å². The van der Waals surface area contributed by atoms with Crippen molar-refractivity contribution >= 4 is 50.0 Å². The Balaban J connectivity index is 1.94. The minimum atomic E-state index is -0.351. The Morgan fingerprint density at radius 1 is 1.17 bits per heavy atom. The number of carbonyl (C=O) groups is 1. The van der Waals surface area contributed by atoms with Gasteiger partial charge >= 0.3 is 0 Å². The zero-order chi connectivity index (χ0) is 17.3. The average molecular weight is 410 g/mol. The van der Waals surface area contributed by atoms with Crippen molar-refractivity contribution in [2.24, 2.45) is 0 Å². The number of amides is 1. The number of anilines is 1. The maximum Gasteiger partial charge on any atom is 0.273 e. The number of rotatable bonds is 4. The third-order valence-electron chi connectivity index (χ3n) is 3.58. The summed E-state index contributed by atoms with van der Waals surface area (Å²) in [5, 5.41) is 3.95. The van der Waals surface area contributed by atoms with Gasteiger partial charge in [0.05, 0.1) is 24.9 Å². The van der Waals surface area contributed by atoms with E-state index in [4.69, 9.17) is 21.1 Å². The summed E-state index contributed by atoms with van der Waals surface area (Å²) < 4.78 is 11.3. The fourth-order valence-corrected chi connectivity index (χ4v) is 3.02. The Hall–Kier alpha value is -2.18. The Labute approximate surface area is 152 Å². The molecule has 124 valence electrons. The quantitative estimate of drug-likeness (QED) is 0.647. The molecule has 0 bridgehead atoms. The summed E-state index contributed by atoms with van der Waals surface area (Å²) >= 11 is 9.74. The third-order valence-corrected chi connectivity index (χ3v) is 4.47. The second kappa shape index (κ2) is 6.75. The number of fused-ring (bicyclic) bond motifs is 1. The lowest BCUT2D eigenvalue weighted by molar-refractivity contribution is 0.102. The Bertz CT molecular complexity index is 924. The molecule has 0 saturated heterocycles. The second-order valence-electron chi connectivity index (χ2n) is 5.02. The molecule has 0 atom stereocenters. The van der Waals surface area contributed by atoms with Gasteiger partial charge in [0.2, 0.25) is 0 Å². The van der Waals surface area contributed by atoms with Crippen molar-refractivity contribution in [3.63, 3.8) is 0 Å². The van der Waals surface area contributed by atoms with Gasteiger partial charge in [0, 0.05) is 21.4 Å². The van der Waals surface area contributed by atoms with Gasteiger partial charge in [-0.15, -0.1) is 0 Å². The van der Waals surface area contributed by atoms with Crippen LogP contribution in [0.1, 0.15) is 10.5 Å². The van der Waals surface area contributed by atoms with Crippen LogP contribution in [-0.4, -0.2) is 25.1 Å². The van der Waals surface area contributed by atoms with Gasteiger partial charge in [-0.05, 0) is 30.3 Å². The van der Waals surface area contributed by atoms with E-state index in [1.165, 1.54) is 7.11 Å². The summed E-state index contributed by atoms with van der Waals surface area (Å²) in [7, 11) is 3.09. The van der Waals surface area contributed by atoms with Gasteiger partial charge in [-0.25, -0.2) is 0 Å². The van der Waals surface area contributed by atoms with Crippen molar-refractivity contribution in [1.82, 2.24) is 4.98 Å². The zero-order valence-corrected chi connectivity index (χ0v) is 15.3. The molecular weight excluding hydrogens is 396 g/mol. The van der Waals surface area contributed by atoms with Crippen LogP contribution >= 0.6 is 27.5 Å².